The predicted molar refractivity (Wildman–Crippen MR) is 92.0 cm³/mol. The Morgan fingerprint density at radius 3 is 2.90 bits per heavy atom. The summed E-state index contributed by atoms with van der Waals surface area (Å²) in [6.45, 7) is 2.94. The molecule has 1 saturated heterocycles. The Balaban J connectivity index is 2.18. The third-order valence-electron chi connectivity index (χ3n) is 4.15. The lowest BCUT2D eigenvalue weighted by Crippen LogP contribution is -2.35. The summed E-state index contributed by atoms with van der Waals surface area (Å²) in [6.07, 6.45) is 4.25. The second-order valence-corrected chi connectivity index (χ2v) is 6.95. The Morgan fingerprint density at radius 2 is 2.24 bits per heavy atom. The quantitative estimate of drug-likeness (QED) is 0.833. The van der Waals surface area contributed by atoms with Crippen molar-refractivity contribution < 1.29 is 4.79 Å². The largest absolute Gasteiger partial charge is 0.378 e. The van der Waals surface area contributed by atoms with Crippen molar-refractivity contribution in [2.45, 2.75) is 25.8 Å². The number of carbonyl (C=O) groups is 1. The maximum absolute atomic E-state index is 12.6. The van der Waals surface area contributed by atoms with Gasteiger partial charge < -0.3 is 9.80 Å². The van der Waals surface area contributed by atoms with Gasteiger partial charge in [0.05, 0.1) is 6.04 Å². The van der Waals surface area contributed by atoms with E-state index in [-0.39, 0.29) is 12.0 Å². The van der Waals surface area contributed by atoms with Crippen molar-refractivity contribution in [2.24, 2.45) is 5.92 Å². The number of benzene rings is 1. The van der Waals surface area contributed by atoms with Gasteiger partial charge in [-0.05, 0) is 36.8 Å². The van der Waals surface area contributed by atoms with Gasteiger partial charge in [0, 0.05) is 38.0 Å². The lowest BCUT2D eigenvalue weighted by Gasteiger charge is -2.28. The van der Waals surface area contributed by atoms with Gasteiger partial charge in [0.1, 0.15) is 0 Å². The molecule has 0 aromatic heterocycles. The van der Waals surface area contributed by atoms with Crippen LogP contribution in [0, 0.1) is 5.92 Å². The third-order valence-corrected chi connectivity index (χ3v) is 4.98. The molecule has 0 aliphatic carbocycles. The molecule has 1 heterocycles. The summed E-state index contributed by atoms with van der Waals surface area (Å²) in [5.74, 6) is 1.32. The van der Waals surface area contributed by atoms with E-state index in [4.69, 9.17) is 0 Å². The number of thioether (sulfide) groups is 1. The minimum Gasteiger partial charge on any atom is -0.378 e. The number of likely N-dealkylation sites (tertiary alicyclic amines) is 1. The van der Waals surface area contributed by atoms with Gasteiger partial charge >= 0.3 is 0 Å². The van der Waals surface area contributed by atoms with Gasteiger partial charge in [-0.25, -0.2) is 0 Å². The second-order valence-electron chi connectivity index (χ2n) is 6.04. The first-order chi connectivity index (χ1) is 10.0. The minimum atomic E-state index is 0.109. The van der Waals surface area contributed by atoms with Crippen molar-refractivity contribution in [1.82, 2.24) is 4.90 Å². The van der Waals surface area contributed by atoms with E-state index in [0.717, 1.165) is 25.1 Å². The van der Waals surface area contributed by atoms with Crippen molar-refractivity contribution in [3.05, 3.63) is 29.8 Å². The molecule has 116 valence electrons. The lowest BCUT2D eigenvalue weighted by atomic mass is 10.0. The average Bonchev–Trinajstić information content (AvgIpc) is 2.96. The molecule has 0 saturated carbocycles. The van der Waals surface area contributed by atoms with E-state index in [1.54, 1.807) is 11.8 Å². The summed E-state index contributed by atoms with van der Waals surface area (Å²) in [6, 6.07) is 8.83. The van der Waals surface area contributed by atoms with Crippen LogP contribution in [0.2, 0.25) is 0 Å². The van der Waals surface area contributed by atoms with E-state index in [9.17, 15) is 4.79 Å². The van der Waals surface area contributed by atoms with Gasteiger partial charge in [0.15, 0.2) is 0 Å². The van der Waals surface area contributed by atoms with Crippen molar-refractivity contribution in [3.63, 3.8) is 0 Å². The molecule has 3 nitrogen and oxygen atoms in total. The van der Waals surface area contributed by atoms with Crippen LogP contribution in [0.15, 0.2) is 24.3 Å². The molecule has 2 atom stereocenters. The molecule has 1 amide bonds. The summed E-state index contributed by atoms with van der Waals surface area (Å²) in [4.78, 5) is 16.8. The van der Waals surface area contributed by atoms with E-state index < -0.39 is 0 Å². The SMILES string of the molecule is CSC[C@H](C)C(=O)N1CCC[C@@H]1c1cccc(N(C)C)c1. The highest BCUT2D eigenvalue weighted by atomic mass is 32.2. The van der Waals surface area contributed by atoms with Crippen LogP contribution < -0.4 is 4.90 Å². The second kappa shape index (κ2) is 7.21. The molecule has 1 aliphatic heterocycles. The van der Waals surface area contributed by atoms with Crippen LogP contribution in [0.4, 0.5) is 5.69 Å². The molecule has 0 N–H and O–H groups in total. The number of rotatable bonds is 5. The molecule has 1 aliphatic rings. The van der Waals surface area contributed by atoms with E-state index >= 15 is 0 Å². The smallest absolute Gasteiger partial charge is 0.226 e. The van der Waals surface area contributed by atoms with Gasteiger partial charge in [0.2, 0.25) is 5.91 Å². The standard InChI is InChI=1S/C17H26N2OS/c1-13(12-21-4)17(20)19-10-6-9-16(19)14-7-5-8-15(11-14)18(2)3/h5,7-8,11,13,16H,6,9-10,12H2,1-4H3/t13-,16+/m0/s1. The van der Waals surface area contributed by atoms with Gasteiger partial charge in [-0.15, -0.1) is 0 Å². The van der Waals surface area contributed by atoms with Crippen molar-refractivity contribution in [2.75, 3.05) is 37.5 Å². The molecule has 0 unspecified atom stereocenters. The van der Waals surface area contributed by atoms with Gasteiger partial charge in [-0.3, -0.25) is 4.79 Å². The topological polar surface area (TPSA) is 23.6 Å². The number of hydrogen-bond donors (Lipinski definition) is 0. The molecule has 0 bridgehead atoms. The fourth-order valence-corrected chi connectivity index (χ4v) is 3.63. The summed E-state index contributed by atoms with van der Waals surface area (Å²) >= 11 is 1.75. The normalized spacial score (nSPS) is 19.6. The minimum absolute atomic E-state index is 0.109. The van der Waals surface area contributed by atoms with Crippen LogP contribution in [0.5, 0.6) is 0 Å². The molecule has 2 rings (SSSR count). The number of anilines is 1. The Labute approximate surface area is 132 Å². The molecule has 4 heteroatoms. The summed E-state index contributed by atoms with van der Waals surface area (Å²) in [5.41, 5.74) is 2.47. The first kappa shape index (κ1) is 16.2. The summed E-state index contributed by atoms with van der Waals surface area (Å²) in [7, 11) is 4.11. The van der Waals surface area contributed by atoms with Crippen LogP contribution in [0.3, 0.4) is 0 Å². The van der Waals surface area contributed by atoms with Crippen molar-refractivity contribution in [3.8, 4) is 0 Å². The molecule has 1 aromatic carbocycles. The lowest BCUT2D eigenvalue weighted by molar-refractivity contribution is -0.135. The number of amides is 1. The van der Waals surface area contributed by atoms with E-state index in [1.165, 1.54) is 11.3 Å². The first-order valence-electron chi connectivity index (χ1n) is 7.61. The van der Waals surface area contributed by atoms with Crippen molar-refractivity contribution >= 4 is 23.4 Å². The monoisotopic (exact) mass is 306 g/mol. The molecule has 0 spiro atoms. The maximum Gasteiger partial charge on any atom is 0.226 e. The van der Waals surface area contributed by atoms with Crippen LogP contribution in [-0.4, -0.2) is 43.5 Å². The Morgan fingerprint density at radius 1 is 1.48 bits per heavy atom. The van der Waals surface area contributed by atoms with Crippen LogP contribution in [-0.2, 0) is 4.79 Å². The predicted octanol–water partition coefficient (Wildman–Crippen LogP) is 3.42. The fraction of sp³-hybridized carbons (Fsp3) is 0.588. The maximum atomic E-state index is 12.6. The summed E-state index contributed by atoms with van der Waals surface area (Å²) < 4.78 is 0. The molecule has 1 fully saturated rings. The first-order valence-corrected chi connectivity index (χ1v) is 9.00. The Bertz CT molecular complexity index is 489. The van der Waals surface area contributed by atoms with E-state index in [0.29, 0.717) is 5.91 Å². The molecule has 21 heavy (non-hydrogen) atoms. The summed E-state index contributed by atoms with van der Waals surface area (Å²) in [5, 5.41) is 0. The Hall–Kier alpha value is -1.16. The molecule has 0 radical (unpaired) electrons. The number of hydrogen-bond acceptors (Lipinski definition) is 3. The van der Waals surface area contributed by atoms with Gasteiger partial charge in [0.25, 0.3) is 0 Å². The molecular weight excluding hydrogens is 280 g/mol. The third kappa shape index (κ3) is 3.73. The highest BCUT2D eigenvalue weighted by Crippen LogP contribution is 2.34. The zero-order chi connectivity index (χ0) is 15.4. The van der Waals surface area contributed by atoms with Crippen LogP contribution >= 0.6 is 11.8 Å². The zero-order valence-corrected chi connectivity index (χ0v) is 14.3. The molecular formula is C17H26N2OS. The van der Waals surface area contributed by atoms with E-state index in [2.05, 4.69) is 54.4 Å². The zero-order valence-electron chi connectivity index (χ0n) is 13.5. The number of carbonyl (C=O) groups excluding carboxylic acids is 1. The Kier molecular flexibility index (Phi) is 5.57. The average molecular weight is 306 g/mol. The van der Waals surface area contributed by atoms with Crippen LogP contribution in [0.25, 0.3) is 0 Å². The highest BCUT2D eigenvalue weighted by Gasteiger charge is 2.32. The van der Waals surface area contributed by atoms with Crippen molar-refractivity contribution in [1.29, 1.82) is 0 Å². The van der Waals surface area contributed by atoms with E-state index in [1.807, 2.05) is 6.92 Å². The van der Waals surface area contributed by atoms with Gasteiger partial charge in [-0.2, -0.15) is 11.8 Å². The van der Waals surface area contributed by atoms with Crippen LogP contribution in [0.1, 0.15) is 31.4 Å². The molecule has 1 aromatic rings. The highest BCUT2D eigenvalue weighted by molar-refractivity contribution is 7.98. The number of nitrogens with zero attached hydrogens (tertiary/aromatic N) is 2. The van der Waals surface area contributed by atoms with Gasteiger partial charge in [-0.1, -0.05) is 19.1 Å². The fourth-order valence-electron chi connectivity index (χ4n) is 2.99.